The molecule has 3 aromatic rings. The van der Waals surface area contributed by atoms with Crippen LogP contribution in [0.5, 0.6) is 0 Å². The first-order chi connectivity index (χ1) is 14.4. The van der Waals surface area contributed by atoms with Crippen LogP contribution >= 0.6 is 11.6 Å². The predicted molar refractivity (Wildman–Crippen MR) is 115 cm³/mol. The van der Waals surface area contributed by atoms with E-state index in [1.165, 1.54) is 12.1 Å². The zero-order valence-corrected chi connectivity index (χ0v) is 17.2. The summed E-state index contributed by atoms with van der Waals surface area (Å²) in [4.78, 5) is 17.0. The molecule has 156 valence electrons. The standard InChI is InChI=1S/C21H21ClFN5O2/c1-13(12-30-2)24-21(26-20(29)15-3-7-16(22)8-4-15)25-19-11-18(27-28-19)14-5-9-17(23)10-6-14/h3-11,13H,12H2,1-2H3,(H3,24,25,26,27,28,29)/t13-/m0/s1. The number of halogens is 2. The number of guanidine groups is 1. The molecule has 0 fully saturated rings. The van der Waals surface area contributed by atoms with Gasteiger partial charge in [-0.25, -0.2) is 9.38 Å². The van der Waals surface area contributed by atoms with Gasteiger partial charge in [0.2, 0.25) is 5.96 Å². The highest BCUT2D eigenvalue weighted by molar-refractivity contribution is 6.30. The van der Waals surface area contributed by atoms with Gasteiger partial charge in [-0.15, -0.1) is 0 Å². The van der Waals surface area contributed by atoms with Crippen LogP contribution < -0.4 is 10.6 Å². The van der Waals surface area contributed by atoms with Gasteiger partial charge in [0.15, 0.2) is 5.82 Å². The van der Waals surface area contributed by atoms with Crippen LogP contribution in [0.25, 0.3) is 11.3 Å². The van der Waals surface area contributed by atoms with Crippen LogP contribution in [-0.4, -0.2) is 41.8 Å². The molecule has 2 aromatic carbocycles. The topological polar surface area (TPSA) is 91.4 Å². The number of benzene rings is 2. The molecule has 0 spiro atoms. The highest BCUT2D eigenvalue weighted by Gasteiger charge is 2.13. The lowest BCUT2D eigenvalue weighted by atomic mass is 10.1. The van der Waals surface area contributed by atoms with E-state index in [0.717, 1.165) is 5.56 Å². The average Bonchev–Trinajstić information content (AvgIpc) is 3.17. The van der Waals surface area contributed by atoms with Gasteiger partial charge in [-0.05, 0) is 61.0 Å². The molecule has 0 saturated heterocycles. The number of hydrogen-bond donors (Lipinski definition) is 3. The summed E-state index contributed by atoms with van der Waals surface area (Å²) >= 11 is 5.88. The SMILES string of the molecule is COC[C@H](C)N=C(NC(=O)c1ccc(Cl)cc1)Nc1cc(-c2ccc(F)cc2)[nH]n1. The fourth-order valence-corrected chi connectivity index (χ4v) is 2.79. The van der Waals surface area contributed by atoms with Crippen LogP contribution in [0.1, 0.15) is 17.3 Å². The Hall–Kier alpha value is -3.23. The van der Waals surface area contributed by atoms with E-state index in [-0.39, 0.29) is 23.7 Å². The Morgan fingerprint density at radius 1 is 1.23 bits per heavy atom. The normalized spacial score (nSPS) is 12.5. The molecule has 0 aliphatic rings. The molecular formula is C21H21ClFN5O2. The third-order valence-electron chi connectivity index (χ3n) is 4.08. The number of nitrogens with one attached hydrogen (secondary N) is 3. The van der Waals surface area contributed by atoms with E-state index in [1.54, 1.807) is 49.6 Å². The Morgan fingerprint density at radius 3 is 2.60 bits per heavy atom. The van der Waals surface area contributed by atoms with Crippen LogP contribution in [0.4, 0.5) is 10.2 Å². The summed E-state index contributed by atoms with van der Waals surface area (Å²) in [5.41, 5.74) is 1.89. The van der Waals surface area contributed by atoms with E-state index in [2.05, 4.69) is 25.8 Å². The zero-order valence-electron chi connectivity index (χ0n) is 16.4. The lowest BCUT2D eigenvalue weighted by Crippen LogP contribution is -2.37. The summed E-state index contributed by atoms with van der Waals surface area (Å²) in [6.07, 6.45) is 0. The minimum absolute atomic E-state index is 0.210. The van der Waals surface area contributed by atoms with Crippen molar-refractivity contribution in [2.24, 2.45) is 4.99 Å². The van der Waals surface area contributed by atoms with Crippen molar-refractivity contribution < 1.29 is 13.9 Å². The lowest BCUT2D eigenvalue weighted by molar-refractivity contribution is 0.0976. The minimum atomic E-state index is -0.350. The number of anilines is 1. The number of ether oxygens (including phenoxy) is 1. The number of hydrogen-bond acceptors (Lipinski definition) is 4. The van der Waals surface area contributed by atoms with Crippen molar-refractivity contribution in [1.29, 1.82) is 0 Å². The zero-order chi connectivity index (χ0) is 21.5. The molecule has 0 bridgehead atoms. The molecule has 3 rings (SSSR count). The molecule has 9 heteroatoms. The number of carbonyl (C=O) groups excluding carboxylic acids is 1. The van der Waals surface area contributed by atoms with Crippen LogP contribution in [-0.2, 0) is 4.74 Å². The number of H-pyrrole nitrogens is 1. The van der Waals surface area contributed by atoms with Gasteiger partial charge in [-0.1, -0.05) is 11.6 Å². The van der Waals surface area contributed by atoms with Crippen molar-refractivity contribution in [3.8, 4) is 11.3 Å². The number of carbonyl (C=O) groups is 1. The number of nitrogens with zero attached hydrogens (tertiary/aromatic N) is 2. The van der Waals surface area contributed by atoms with Crippen molar-refractivity contribution in [1.82, 2.24) is 15.5 Å². The summed E-state index contributed by atoms with van der Waals surface area (Å²) in [6, 6.07) is 14.1. The smallest absolute Gasteiger partial charge is 0.257 e. The summed E-state index contributed by atoms with van der Waals surface area (Å²) in [7, 11) is 1.58. The minimum Gasteiger partial charge on any atom is -0.382 e. The van der Waals surface area contributed by atoms with Crippen molar-refractivity contribution in [3.05, 3.63) is 71.0 Å². The van der Waals surface area contributed by atoms with Crippen molar-refractivity contribution in [2.45, 2.75) is 13.0 Å². The summed E-state index contributed by atoms with van der Waals surface area (Å²) in [5.74, 6) is -0.00865. The monoisotopic (exact) mass is 429 g/mol. The fourth-order valence-electron chi connectivity index (χ4n) is 2.66. The molecule has 30 heavy (non-hydrogen) atoms. The molecule has 7 nitrogen and oxygen atoms in total. The Balaban J connectivity index is 1.78. The van der Waals surface area contributed by atoms with Gasteiger partial charge in [-0.2, -0.15) is 5.10 Å². The average molecular weight is 430 g/mol. The molecule has 1 amide bonds. The van der Waals surface area contributed by atoms with E-state index in [4.69, 9.17) is 16.3 Å². The highest BCUT2D eigenvalue weighted by Crippen LogP contribution is 2.20. The first kappa shape index (κ1) is 21.5. The van der Waals surface area contributed by atoms with Gasteiger partial charge in [0, 0.05) is 23.8 Å². The van der Waals surface area contributed by atoms with Gasteiger partial charge in [0.25, 0.3) is 5.91 Å². The highest BCUT2D eigenvalue weighted by atomic mass is 35.5. The molecule has 1 aromatic heterocycles. The number of aliphatic imine (C=N–C) groups is 1. The van der Waals surface area contributed by atoms with Crippen LogP contribution in [0.15, 0.2) is 59.6 Å². The van der Waals surface area contributed by atoms with Gasteiger partial charge in [-0.3, -0.25) is 15.2 Å². The molecule has 0 saturated carbocycles. The van der Waals surface area contributed by atoms with Crippen LogP contribution in [0, 0.1) is 5.82 Å². The third-order valence-corrected chi connectivity index (χ3v) is 4.33. The molecular weight excluding hydrogens is 409 g/mol. The Morgan fingerprint density at radius 2 is 1.93 bits per heavy atom. The van der Waals surface area contributed by atoms with Gasteiger partial charge >= 0.3 is 0 Å². The number of rotatable bonds is 6. The van der Waals surface area contributed by atoms with Crippen molar-refractivity contribution >= 4 is 29.3 Å². The summed E-state index contributed by atoms with van der Waals surface area (Å²) < 4.78 is 18.3. The maximum Gasteiger partial charge on any atom is 0.257 e. The molecule has 0 aliphatic heterocycles. The maximum absolute atomic E-state index is 13.1. The lowest BCUT2D eigenvalue weighted by Gasteiger charge is -2.13. The Bertz CT molecular complexity index is 1020. The van der Waals surface area contributed by atoms with E-state index >= 15 is 0 Å². The number of amides is 1. The van der Waals surface area contributed by atoms with Crippen molar-refractivity contribution in [2.75, 3.05) is 19.0 Å². The number of methoxy groups -OCH3 is 1. The number of aromatic amines is 1. The number of aromatic nitrogens is 2. The van der Waals surface area contributed by atoms with E-state index in [0.29, 0.717) is 28.7 Å². The second-order valence-electron chi connectivity index (χ2n) is 6.54. The first-order valence-electron chi connectivity index (χ1n) is 9.16. The van der Waals surface area contributed by atoms with Gasteiger partial charge in [0.1, 0.15) is 5.82 Å². The maximum atomic E-state index is 13.1. The molecule has 3 N–H and O–H groups in total. The third kappa shape index (κ3) is 5.88. The largest absolute Gasteiger partial charge is 0.382 e. The van der Waals surface area contributed by atoms with E-state index in [9.17, 15) is 9.18 Å². The van der Waals surface area contributed by atoms with Crippen LogP contribution in [0.3, 0.4) is 0 Å². The molecule has 1 atom stereocenters. The summed E-state index contributed by atoms with van der Waals surface area (Å²) in [5, 5.41) is 13.3. The van der Waals surface area contributed by atoms with E-state index < -0.39 is 0 Å². The fraction of sp³-hybridized carbons (Fsp3) is 0.190. The summed E-state index contributed by atoms with van der Waals surface area (Å²) in [6.45, 7) is 2.23. The Labute approximate surface area is 178 Å². The molecule has 0 radical (unpaired) electrons. The Kier molecular flexibility index (Phi) is 7.16. The van der Waals surface area contributed by atoms with Crippen LogP contribution in [0.2, 0.25) is 5.02 Å². The molecule has 0 aliphatic carbocycles. The first-order valence-corrected chi connectivity index (χ1v) is 9.54. The molecule has 1 heterocycles. The second kappa shape index (κ2) is 10.00. The van der Waals surface area contributed by atoms with Gasteiger partial charge < -0.3 is 10.1 Å². The predicted octanol–water partition coefficient (Wildman–Crippen LogP) is 4.10. The molecule has 0 unspecified atom stereocenters. The van der Waals surface area contributed by atoms with E-state index in [1.807, 2.05) is 6.92 Å². The quantitative estimate of drug-likeness (QED) is 0.406. The second-order valence-corrected chi connectivity index (χ2v) is 6.98. The van der Waals surface area contributed by atoms with Crippen molar-refractivity contribution in [3.63, 3.8) is 0 Å². The van der Waals surface area contributed by atoms with Gasteiger partial charge in [0.05, 0.1) is 18.3 Å².